The van der Waals surface area contributed by atoms with Crippen LogP contribution in [0.1, 0.15) is 18.1 Å². The number of benzene rings is 2. The van der Waals surface area contributed by atoms with Gasteiger partial charge in [-0.1, -0.05) is 30.3 Å². The summed E-state index contributed by atoms with van der Waals surface area (Å²) >= 11 is 0. The van der Waals surface area contributed by atoms with Gasteiger partial charge in [-0.05, 0) is 30.2 Å². The maximum Gasteiger partial charge on any atom is 0.269 e. The van der Waals surface area contributed by atoms with E-state index in [1.807, 2.05) is 43.3 Å². The second kappa shape index (κ2) is 8.75. The van der Waals surface area contributed by atoms with Crippen molar-refractivity contribution in [2.45, 2.75) is 20.0 Å². The molecule has 0 saturated heterocycles. The quantitative estimate of drug-likeness (QED) is 0.303. The zero-order chi connectivity index (χ0) is 19.1. The fraction of sp³-hybridized carbons (Fsp3) is 0.200. The lowest BCUT2D eigenvalue weighted by Crippen LogP contribution is -2.36. The molecule has 0 fully saturated rings. The zero-order valence-electron chi connectivity index (χ0n) is 15.1. The van der Waals surface area contributed by atoms with E-state index in [2.05, 4.69) is 20.6 Å². The van der Waals surface area contributed by atoms with Crippen molar-refractivity contribution in [2.24, 2.45) is 4.99 Å². The number of aromatic nitrogens is 1. The second-order valence-corrected chi connectivity index (χ2v) is 5.96. The van der Waals surface area contributed by atoms with Crippen molar-refractivity contribution in [3.8, 4) is 0 Å². The largest absolute Gasteiger partial charge is 0.357 e. The second-order valence-electron chi connectivity index (χ2n) is 5.96. The zero-order valence-corrected chi connectivity index (χ0v) is 15.1. The number of non-ortho nitro benzene ring substituents is 1. The van der Waals surface area contributed by atoms with Gasteiger partial charge in [-0.3, -0.25) is 15.1 Å². The van der Waals surface area contributed by atoms with Crippen LogP contribution in [-0.4, -0.2) is 22.4 Å². The van der Waals surface area contributed by atoms with Gasteiger partial charge in [-0.2, -0.15) is 0 Å². The first kappa shape index (κ1) is 18.3. The third kappa shape index (κ3) is 4.78. The molecule has 0 saturated carbocycles. The number of nitrogens with zero attached hydrogens (tertiary/aromatic N) is 3. The van der Waals surface area contributed by atoms with E-state index in [1.54, 1.807) is 18.3 Å². The Balaban J connectivity index is 1.72. The van der Waals surface area contributed by atoms with Gasteiger partial charge in [0.1, 0.15) is 0 Å². The summed E-state index contributed by atoms with van der Waals surface area (Å²) < 4.78 is 0. The molecule has 27 heavy (non-hydrogen) atoms. The monoisotopic (exact) mass is 363 g/mol. The summed E-state index contributed by atoms with van der Waals surface area (Å²) in [7, 11) is 0. The van der Waals surface area contributed by atoms with Crippen molar-refractivity contribution in [1.29, 1.82) is 0 Å². The topological polar surface area (TPSA) is 92.5 Å². The summed E-state index contributed by atoms with van der Waals surface area (Å²) in [6.07, 6.45) is 1.80. The number of rotatable bonds is 6. The van der Waals surface area contributed by atoms with Crippen LogP contribution in [0.3, 0.4) is 0 Å². The number of fused-ring (bicyclic) bond motifs is 1. The minimum Gasteiger partial charge on any atom is -0.357 e. The third-order valence-corrected chi connectivity index (χ3v) is 4.07. The van der Waals surface area contributed by atoms with Gasteiger partial charge in [0.05, 0.1) is 17.0 Å². The summed E-state index contributed by atoms with van der Waals surface area (Å²) in [6.45, 7) is 3.67. The van der Waals surface area contributed by atoms with Crippen LogP contribution in [-0.2, 0) is 13.1 Å². The number of para-hydroxylation sites is 1. The third-order valence-electron chi connectivity index (χ3n) is 4.07. The molecule has 0 aliphatic carbocycles. The molecular formula is C20H21N5O2. The number of nitro groups is 1. The van der Waals surface area contributed by atoms with Crippen LogP contribution < -0.4 is 10.6 Å². The molecule has 2 aromatic carbocycles. The molecule has 3 rings (SSSR count). The van der Waals surface area contributed by atoms with Crippen LogP contribution in [0.5, 0.6) is 0 Å². The number of guanidine groups is 1. The van der Waals surface area contributed by atoms with E-state index in [4.69, 9.17) is 0 Å². The van der Waals surface area contributed by atoms with Gasteiger partial charge in [-0.25, -0.2) is 4.99 Å². The fourth-order valence-corrected chi connectivity index (χ4v) is 2.77. The molecule has 3 aromatic rings. The predicted molar refractivity (Wildman–Crippen MR) is 106 cm³/mol. The summed E-state index contributed by atoms with van der Waals surface area (Å²) in [5, 5.41) is 18.5. The summed E-state index contributed by atoms with van der Waals surface area (Å²) in [6, 6.07) is 16.5. The first-order valence-corrected chi connectivity index (χ1v) is 8.75. The average molecular weight is 363 g/mol. The summed E-state index contributed by atoms with van der Waals surface area (Å²) in [4.78, 5) is 19.4. The molecule has 2 N–H and O–H groups in total. The van der Waals surface area contributed by atoms with E-state index in [9.17, 15) is 10.1 Å². The number of pyridine rings is 1. The molecule has 0 atom stereocenters. The first-order chi connectivity index (χ1) is 13.2. The average Bonchev–Trinajstić information content (AvgIpc) is 2.70. The van der Waals surface area contributed by atoms with Gasteiger partial charge in [0.2, 0.25) is 0 Å². The van der Waals surface area contributed by atoms with Gasteiger partial charge >= 0.3 is 0 Å². The molecule has 0 radical (unpaired) electrons. The van der Waals surface area contributed by atoms with Crippen LogP contribution in [0.25, 0.3) is 10.9 Å². The molecule has 0 amide bonds. The highest BCUT2D eigenvalue weighted by molar-refractivity contribution is 5.83. The Bertz CT molecular complexity index is 966. The lowest BCUT2D eigenvalue weighted by Gasteiger charge is -2.12. The molecule has 0 spiro atoms. The van der Waals surface area contributed by atoms with Crippen LogP contribution in [0.4, 0.5) is 5.69 Å². The SMILES string of the molecule is CCNC(=NCc1cccc([N+](=O)[O-])c1)NCc1ccnc2ccccc12. The molecule has 7 nitrogen and oxygen atoms in total. The molecule has 1 aromatic heterocycles. The molecular weight excluding hydrogens is 342 g/mol. The molecule has 0 unspecified atom stereocenters. The van der Waals surface area contributed by atoms with Crippen molar-refractivity contribution < 1.29 is 4.92 Å². The number of nitro benzene ring substituents is 1. The van der Waals surface area contributed by atoms with Gasteiger partial charge in [0.25, 0.3) is 5.69 Å². The Morgan fingerprint density at radius 1 is 1.15 bits per heavy atom. The minimum atomic E-state index is -0.398. The highest BCUT2D eigenvalue weighted by Crippen LogP contribution is 2.16. The van der Waals surface area contributed by atoms with Gasteiger partial charge in [0.15, 0.2) is 5.96 Å². The molecule has 138 valence electrons. The molecule has 0 bridgehead atoms. The molecule has 7 heteroatoms. The first-order valence-electron chi connectivity index (χ1n) is 8.75. The standard InChI is InChI=1S/C20H21N5O2/c1-2-21-20(23-13-15-6-5-7-17(12-15)25(26)27)24-14-16-10-11-22-19-9-4-3-8-18(16)19/h3-12H,2,13-14H2,1H3,(H2,21,23,24). The van der Waals surface area contributed by atoms with Crippen molar-refractivity contribution in [3.05, 3.63) is 82.0 Å². The smallest absolute Gasteiger partial charge is 0.269 e. The van der Waals surface area contributed by atoms with Crippen molar-refractivity contribution in [1.82, 2.24) is 15.6 Å². The number of aliphatic imine (C=N–C) groups is 1. The predicted octanol–water partition coefficient (Wildman–Crippen LogP) is 3.40. The minimum absolute atomic E-state index is 0.0731. The highest BCUT2D eigenvalue weighted by Gasteiger charge is 2.06. The number of nitrogens with one attached hydrogen (secondary N) is 2. The number of hydrogen-bond acceptors (Lipinski definition) is 4. The normalized spacial score (nSPS) is 11.4. The Labute approximate surface area is 157 Å². The Morgan fingerprint density at radius 3 is 2.81 bits per heavy atom. The van der Waals surface area contributed by atoms with Crippen LogP contribution in [0.2, 0.25) is 0 Å². The fourth-order valence-electron chi connectivity index (χ4n) is 2.77. The Morgan fingerprint density at radius 2 is 2.00 bits per heavy atom. The van der Waals surface area contributed by atoms with Gasteiger partial charge in [0, 0.05) is 36.8 Å². The van der Waals surface area contributed by atoms with E-state index in [0.29, 0.717) is 19.0 Å². The van der Waals surface area contributed by atoms with Gasteiger partial charge in [-0.15, -0.1) is 0 Å². The maximum atomic E-state index is 10.9. The van der Waals surface area contributed by atoms with E-state index >= 15 is 0 Å². The lowest BCUT2D eigenvalue weighted by molar-refractivity contribution is -0.384. The molecule has 0 aliphatic heterocycles. The van der Waals surface area contributed by atoms with Crippen LogP contribution in [0, 0.1) is 10.1 Å². The van der Waals surface area contributed by atoms with E-state index in [1.165, 1.54) is 6.07 Å². The van der Waals surface area contributed by atoms with Gasteiger partial charge < -0.3 is 10.6 Å². The lowest BCUT2D eigenvalue weighted by atomic mass is 10.1. The van der Waals surface area contributed by atoms with E-state index < -0.39 is 4.92 Å². The Hall–Kier alpha value is -3.48. The van der Waals surface area contributed by atoms with Crippen LogP contribution in [0.15, 0.2) is 65.8 Å². The van der Waals surface area contributed by atoms with Crippen molar-refractivity contribution >= 4 is 22.5 Å². The van der Waals surface area contributed by atoms with E-state index in [0.717, 1.165) is 28.6 Å². The summed E-state index contributed by atoms with van der Waals surface area (Å²) in [5.41, 5.74) is 2.94. The Kier molecular flexibility index (Phi) is 5.94. The number of hydrogen-bond donors (Lipinski definition) is 2. The van der Waals surface area contributed by atoms with Crippen molar-refractivity contribution in [2.75, 3.05) is 6.54 Å². The molecule has 1 heterocycles. The summed E-state index contributed by atoms with van der Waals surface area (Å²) in [5.74, 6) is 0.657. The van der Waals surface area contributed by atoms with E-state index in [-0.39, 0.29) is 5.69 Å². The van der Waals surface area contributed by atoms with Crippen molar-refractivity contribution in [3.63, 3.8) is 0 Å². The molecule has 0 aliphatic rings. The van der Waals surface area contributed by atoms with Crippen LogP contribution >= 0.6 is 0 Å². The highest BCUT2D eigenvalue weighted by atomic mass is 16.6. The maximum absolute atomic E-state index is 10.9.